The molecule has 3 aromatic heterocycles. The molecule has 0 fully saturated rings. The third kappa shape index (κ3) is 2.92. The van der Waals surface area contributed by atoms with Crippen molar-refractivity contribution in [3.63, 3.8) is 0 Å². The van der Waals surface area contributed by atoms with Crippen molar-refractivity contribution in [1.82, 2.24) is 24.5 Å². The van der Waals surface area contributed by atoms with Gasteiger partial charge in [0.15, 0.2) is 15.8 Å². The lowest BCUT2D eigenvalue weighted by molar-refractivity contribution is 0.881. The molecule has 0 aliphatic carbocycles. The number of halogens is 1. The van der Waals surface area contributed by atoms with Gasteiger partial charge in [-0.2, -0.15) is 0 Å². The minimum atomic E-state index is -0.246. The van der Waals surface area contributed by atoms with E-state index in [-0.39, 0.29) is 11.5 Å². The van der Waals surface area contributed by atoms with Crippen molar-refractivity contribution in [2.24, 2.45) is 0 Å². The summed E-state index contributed by atoms with van der Waals surface area (Å²) in [4.78, 5) is 30.5. The highest BCUT2D eigenvalue weighted by Gasteiger charge is 2.19. The molecule has 0 aliphatic rings. The highest BCUT2D eigenvalue weighted by molar-refractivity contribution is 8.00. The second kappa shape index (κ2) is 6.55. The molecule has 3 heterocycles. The minimum absolute atomic E-state index is 0.224. The number of aromatic nitrogens is 5. The third-order valence-corrected chi connectivity index (χ3v) is 5.64. The van der Waals surface area contributed by atoms with Crippen molar-refractivity contribution >= 4 is 45.0 Å². The molecule has 0 bridgehead atoms. The molecule has 0 amide bonds. The Labute approximate surface area is 155 Å². The molecular weight excluding hydrogens is 378 g/mol. The lowest BCUT2D eigenvalue weighted by Gasteiger charge is -2.10. The van der Waals surface area contributed by atoms with Gasteiger partial charge >= 0.3 is 0 Å². The van der Waals surface area contributed by atoms with Gasteiger partial charge in [-0.3, -0.25) is 4.79 Å². The van der Waals surface area contributed by atoms with Gasteiger partial charge in [0.2, 0.25) is 5.95 Å². The summed E-state index contributed by atoms with van der Waals surface area (Å²) in [5.41, 5.74) is 0.964. The van der Waals surface area contributed by atoms with Crippen LogP contribution in [-0.2, 0) is 0 Å². The van der Waals surface area contributed by atoms with Crippen LogP contribution in [0.25, 0.3) is 27.7 Å². The fourth-order valence-corrected chi connectivity index (χ4v) is 3.86. The monoisotopic (exact) mass is 387 g/mol. The van der Waals surface area contributed by atoms with Crippen LogP contribution in [0.3, 0.4) is 0 Å². The van der Waals surface area contributed by atoms with Crippen LogP contribution in [0.2, 0.25) is 5.02 Å². The van der Waals surface area contributed by atoms with E-state index in [0.29, 0.717) is 21.2 Å². The van der Waals surface area contributed by atoms with E-state index in [2.05, 4.69) is 19.9 Å². The predicted octanol–water partition coefficient (Wildman–Crippen LogP) is 3.67. The topological polar surface area (TPSA) is 73.6 Å². The second-order valence-corrected chi connectivity index (χ2v) is 7.47. The van der Waals surface area contributed by atoms with E-state index < -0.39 is 0 Å². The summed E-state index contributed by atoms with van der Waals surface area (Å²) in [5, 5.41) is 0.398. The Morgan fingerprint density at radius 2 is 1.84 bits per heavy atom. The lowest BCUT2D eigenvalue weighted by atomic mass is 10.2. The molecule has 0 aliphatic heterocycles. The molecule has 1 aromatic carbocycles. The number of thiazole rings is 1. The number of hydrogen-bond acceptors (Lipinski definition) is 7. The van der Waals surface area contributed by atoms with Crippen LogP contribution in [0.5, 0.6) is 0 Å². The average Bonchev–Trinajstić information content (AvgIpc) is 3.07. The first kappa shape index (κ1) is 16.2. The number of fused-ring (bicyclic) bond motifs is 1. The normalized spacial score (nSPS) is 11.1. The summed E-state index contributed by atoms with van der Waals surface area (Å²) in [6, 6.07) is 9.42. The maximum atomic E-state index is 13.1. The smallest absolute Gasteiger partial charge is 0.267 e. The average molecular weight is 388 g/mol. The van der Waals surface area contributed by atoms with Crippen molar-refractivity contribution in [2.75, 3.05) is 6.26 Å². The minimum Gasteiger partial charge on any atom is -0.267 e. The van der Waals surface area contributed by atoms with Gasteiger partial charge in [0.1, 0.15) is 4.70 Å². The SMILES string of the molecule is CSc1nc2nc(-c3ccccc3)n(-c3ncc(Cl)cn3)c(=O)c2s1. The summed E-state index contributed by atoms with van der Waals surface area (Å²) in [5.74, 6) is 0.667. The summed E-state index contributed by atoms with van der Waals surface area (Å²) in [6.45, 7) is 0. The molecule has 124 valence electrons. The Bertz CT molecular complexity index is 1110. The van der Waals surface area contributed by atoms with Crippen LogP contribution in [0, 0.1) is 0 Å². The molecule has 0 unspecified atom stereocenters. The molecule has 0 N–H and O–H groups in total. The molecule has 4 rings (SSSR count). The van der Waals surface area contributed by atoms with Crippen molar-refractivity contribution in [2.45, 2.75) is 4.34 Å². The molecular formula is C16H10ClN5OS2. The maximum Gasteiger partial charge on any atom is 0.280 e. The van der Waals surface area contributed by atoms with Gasteiger partial charge in [-0.1, -0.05) is 53.7 Å². The first-order valence-corrected chi connectivity index (χ1v) is 9.60. The van der Waals surface area contributed by atoms with E-state index in [1.54, 1.807) is 0 Å². The van der Waals surface area contributed by atoms with Gasteiger partial charge in [-0.25, -0.2) is 24.5 Å². The van der Waals surface area contributed by atoms with Gasteiger partial charge < -0.3 is 0 Å². The highest BCUT2D eigenvalue weighted by Crippen LogP contribution is 2.27. The maximum absolute atomic E-state index is 13.1. The summed E-state index contributed by atoms with van der Waals surface area (Å²) in [7, 11) is 0. The Morgan fingerprint density at radius 1 is 1.12 bits per heavy atom. The van der Waals surface area contributed by atoms with Gasteiger partial charge in [-0.15, -0.1) is 11.3 Å². The zero-order valence-electron chi connectivity index (χ0n) is 12.9. The summed E-state index contributed by atoms with van der Waals surface area (Å²) >= 11 is 8.67. The molecule has 9 heteroatoms. The fraction of sp³-hybridized carbons (Fsp3) is 0.0625. The molecule has 25 heavy (non-hydrogen) atoms. The zero-order valence-corrected chi connectivity index (χ0v) is 15.3. The van der Waals surface area contributed by atoms with Crippen LogP contribution >= 0.6 is 34.7 Å². The van der Waals surface area contributed by atoms with Crippen LogP contribution in [0.15, 0.2) is 51.9 Å². The van der Waals surface area contributed by atoms with Gasteiger partial charge in [0.25, 0.3) is 5.56 Å². The van der Waals surface area contributed by atoms with Crippen molar-refractivity contribution in [1.29, 1.82) is 0 Å². The van der Waals surface area contributed by atoms with Gasteiger partial charge in [0.05, 0.1) is 17.4 Å². The van der Waals surface area contributed by atoms with E-state index in [0.717, 1.165) is 9.90 Å². The summed E-state index contributed by atoms with van der Waals surface area (Å²) < 4.78 is 2.66. The summed E-state index contributed by atoms with van der Waals surface area (Å²) in [6.07, 6.45) is 4.82. The van der Waals surface area contributed by atoms with E-state index >= 15 is 0 Å². The third-order valence-electron chi connectivity index (χ3n) is 3.42. The van der Waals surface area contributed by atoms with Crippen LogP contribution < -0.4 is 5.56 Å². The second-order valence-electron chi connectivity index (χ2n) is 4.98. The molecule has 6 nitrogen and oxygen atoms in total. The van der Waals surface area contributed by atoms with Gasteiger partial charge in [0, 0.05) is 5.56 Å². The standard InChI is InChI=1S/C16H10ClN5OS2/c1-24-16-21-12-11(25-16)14(23)22(15-18-7-10(17)8-19-15)13(20-12)9-5-3-2-4-6-9/h2-8H,1H3. The molecule has 0 saturated heterocycles. The largest absolute Gasteiger partial charge is 0.280 e. The predicted molar refractivity (Wildman–Crippen MR) is 101 cm³/mol. The molecule has 0 saturated carbocycles. The quantitative estimate of drug-likeness (QED) is 0.499. The lowest BCUT2D eigenvalue weighted by Crippen LogP contribution is -2.23. The van der Waals surface area contributed by atoms with Crippen LogP contribution in [0.1, 0.15) is 0 Å². The van der Waals surface area contributed by atoms with Gasteiger partial charge in [-0.05, 0) is 6.26 Å². The van der Waals surface area contributed by atoms with E-state index in [4.69, 9.17) is 11.6 Å². The molecule has 0 atom stereocenters. The van der Waals surface area contributed by atoms with Crippen LogP contribution in [0.4, 0.5) is 0 Å². The fourth-order valence-electron chi connectivity index (χ4n) is 2.33. The van der Waals surface area contributed by atoms with Crippen molar-refractivity contribution in [3.8, 4) is 17.3 Å². The number of hydrogen-bond donors (Lipinski definition) is 0. The number of thioether (sulfide) groups is 1. The van der Waals surface area contributed by atoms with E-state index in [1.807, 2.05) is 36.6 Å². The Morgan fingerprint density at radius 3 is 2.52 bits per heavy atom. The first-order valence-electron chi connectivity index (χ1n) is 7.18. The van der Waals surface area contributed by atoms with E-state index in [1.165, 1.54) is 40.1 Å². The van der Waals surface area contributed by atoms with Crippen LogP contribution in [-0.4, -0.2) is 30.8 Å². The zero-order chi connectivity index (χ0) is 17.4. The Balaban J connectivity index is 2.08. The number of nitrogens with zero attached hydrogens (tertiary/aromatic N) is 5. The molecule has 0 radical (unpaired) electrons. The number of benzene rings is 1. The molecule has 4 aromatic rings. The van der Waals surface area contributed by atoms with Crippen molar-refractivity contribution in [3.05, 3.63) is 58.1 Å². The first-order chi connectivity index (χ1) is 12.2. The van der Waals surface area contributed by atoms with E-state index in [9.17, 15) is 4.79 Å². The van der Waals surface area contributed by atoms with Crippen molar-refractivity contribution < 1.29 is 0 Å². The highest BCUT2D eigenvalue weighted by atomic mass is 35.5. The Hall–Kier alpha value is -2.29. The molecule has 0 spiro atoms. The Kier molecular flexibility index (Phi) is 4.24. The number of rotatable bonds is 3.